The van der Waals surface area contributed by atoms with Crippen LogP contribution in [0.2, 0.25) is 0 Å². The molecule has 3 aromatic rings. The summed E-state index contributed by atoms with van der Waals surface area (Å²) in [6.45, 7) is 1.21. The number of nitrogens with zero attached hydrogens (tertiary/aromatic N) is 3. The fraction of sp³-hybridized carbons (Fsp3) is 0.227. The Morgan fingerprint density at radius 1 is 0.929 bits per heavy atom. The normalized spacial score (nSPS) is 13.5. The summed E-state index contributed by atoms with van der Waals surface area (Å²) < 4.78 is 6.88. The first kappa shape index (κ1) is 18.0. The van der Waals surface area contributed by atoms with Crippen molar-refractivity contribution in [2.45, 2.75) is 12.8 Å². The molecule has 0 N–H and O–H groups in total. The lowest BCUT2D eigenvalue weighted by Gasteiger charge is -2.15. The Morgan fingerprint density at radius 2 is 1.57 bits per heavy atom. The molecule has 4 rings (SSSR count). The van der Waals surface area contributed by atoms with Crippen LogP contribution in [0.1, 0.15) is 23.3 Å². The van der Waals surface area contributed by atoms with E-state index in [1.165, 1.54) is 0 Å². The van der Waals surface area contributed by atoms with E-state index in [2.05, 4.69) is 5.10 Å². The van der Waals surface area contributed by atoms with Gasteiger partial charge in [-0.1, -0.05) is 48.5 Å². The van der Waals surface area contributed by atoms with Crippen LogP contribution in [0.5, 0.6) is 0 Å². The minimum Gasteiger partial charge on any atom is -0.451 e. The Labute approximate surface area is 163 Å². The SMILES string of the molecule is O=C(OCC(=O)N1CCCC1)c1cc(-c2ccccc2)nn1-c1ccccc1. The van der Waals surface area contributed by atoms with Crippen molar-refractivity contribution in [2.24, 2.45) is 0 Å². The third-order valence-electron chi connectivity index (χ3n) is 4.77. The first-order valence-electron chi connectivity index (χ1n) is 9.38. The summed E-state index contributed by atoms with van der Waals surface area (Å²) >= 11 is 0. The highest BCUT2D eigenvalue weighted by Crippen LogP contribution is 2.22. The molecule has 1 aliphatic rings. The lowest BCUT2D eigenvalue weighted by Crippen LogP contribution is -2.32. The van der Waals surface area contributed by atoms with Gasteiger partial charge in [0.05, 0.1) is 11.4 Å². The summed E-state index contributed by atoms with van der Waals surface area (Å²) in [6.07, 6.45) is 2.00. The molecule has 2 aromatic carbocycles. The van der Waals surface area contributed by atoms with E-state index < -0.39 is 5.97 Å². The quantitative estimate of drug-likeness (QED) is 0.642. The van der Waals surface area contributed by atoms with Gasteiger partial charge in [0.1, 0.15) is 0 Å². The number of benzene rings is 2. The summed E-state index contributed by atoms with van der Waals surface area (Å²) in [5.41, 5.74) is 2.61. The van der Waals surface area contributed by atoms with Crippen molar-refractivity contribution < 1.29 is 14.3 Å². The van der Waals surface area contributed by atoms with Crippen molar-refractivity contribution in [1.82, 2.24) is 14.7 Å². The maximum atomic E-state index is 12.7. The molecule has 1 amide bonds. The molecule has 0 bridgehead atoms. The zero-order valence-electron chi connectivity index (χ0n) is 15.5. The van der Waals surface area contributed by atoms with Gasteiger partial charge in [-0.15, -0.1) is 0 Å². The van der Waals surface area contributed by atoms with E-state index in [0.717, 1.165) is 37.2 Å². The van der Waals surface area contributed by atoms with Gasteiger partial charge in [0.2, 0.25) is 0 Å². The van der Waals surface area contributed by atoms with E-state index in [0.29, 0.717) is 11.4 Å². The lowest BCUT2D eigenvalue weighted by molar-refractivity contribution is -0.133. The number of carbonyl (C=O) groups excluding carboxylic acids is 2. The minimum absolute atomic E-state index is 0.153. The van der Waals surface area contributed by atoms with Gasteiger partial charge in [-0.3, -0.25) is 4.79 Å². The average molecular weight is 375 g/mol. The molecule has 0 saturated carbocycles. The van der Waals surface area contributed by atoms with Crippen LogP contribution in [0.15, 0.2) is 66.7 Å². The third-order valence-corrected chi connectivity index (χ3v) is 4.77. The van der Waals surface area contributed by atoms with Gasteiger partial charge < -0.3 is 9.64 Å². The maximum Gasteiger partial charge on any atom is 0.357 e. The summed E-state index contributed by atoms with van der Waals surface area (Å²) in [5.74, 6) is -0.717. The molecule has 6 heteroatoms. The molecular formula is C22H21N3O3. The summed E-state index contributed by atoms with van der Waals surface area (Å²) in [6, 6.07) is 20.7. The molecule has 6 nitrogen and oxygen atoms in total. The second-order valence-electron chi connectivity index (χ2n) is 6.69. The van der Waals surface area contributed by atoms with Crippen LogP contribution in [0, 0.1) is 0 Å². The van der Waals surface area contributed by atoms with Gasteiger partial charge in [-0.05, 0) is 31.0 Å². The van der Waals surface area contributed by atoms with E-state index in [9.17, 15) is 9.59 Å². The van der Waals surface area contributed by atoms with Gasteiger partial charge in [-0.25, -0.2) is 9.48 Å². The fourth-order valence-electron chi connectivity index (χ4n) is 3.30. The van der Waals surface area contributed by atoms with Gasteiger partial charge in [0.15, 0.2) is 12.3 Å². The number of esters is 1. The Morgan fingerprint density at radius 3 is 2.25 bits per heavy atom. The van der Waals surface area contributed by atoms with Crippen molar-refractivity contribution in [3.8, 4) is 16.9 Å². The molecule has 0 radical (unpaired) electrons. The van der Waals surface area contributed by atoms with E-state index in [-0.39, 0.29) is 12.5 Å². The highest BCUT2D eigenvalue weighted by molar-refractivity contribution is 5.91. The molecule has 1 aliphatic heterocycles. The Kier molecular flexibility index (Phi) is 5.19. The number of ether oxygens (including phenoxy) is 1. The lowest BCUT2D eigenvalue weighted by atomic mass is 10.1. The topological polar surface area (TPSA) is 64.4 Å². The second-order valence-corrected chi connectivity index (χ2v) is 6.69. The smallest absolute Gasteiger partial charge is 0.357 e. The highest BCUT2D eigenvalue weighted by atomic mass is 16.5. The van der Waals surface area contributed by atoms with E-state index >= 15 is 0 Å². The predicted octanol–water partition coefficient (Wildman–Crippen LogP) is 3.32. The molecule has 0 atom stereocenters. The van der Waals surface area contributed by atoms with E-state index in [1.54, 1.807) is 15.6 Å². The van der Waals surface area contributed by atoms with Crippen LogP contribution in [0.25, 0.3) is 16.9 Å². The molecule has 142 valence electrons. The summed E-state index contributed by atoms with van der Waals surface area (Å²) in [4.78, 5) is 26.7. The summed E-state index contributed by atoms with van der Waals surface area (Å²) in [5, 5.41) is 4.60. The number of hydrogen-bond acceptors (Lipinski definition) is 4. The minimum atomic E-state index is -0.564. The zero-order valence-corrected chi connectivity index (χ0v) is 15.5. The first-order valence-corrected chi connectivity index (χ1v) is 9.38. The molecule has 2 heterocycles. The number of likely N-dealkylation sites (tertiary alicyclic amines) is 1. The highest BCUT2D eigenvalue weighted by Gasteiger charge is 2.22. The van der Waals surface area contributed by atoms with Crippen molar-refractivity contribution >= 4 is 11.9 Å². The molecule has 1 saturated heterocycles. The number of amides is 1. The third kappa shape index (κ3) is 3.81. The molecule has 0 aliphatic carbocycles. The maximum absolute atomic E-state index is 12.7. The number of para-hydroxylation sites is 1. The van der Waals surface area contributed by atoms with E-state index in [4.69, 9.17) is 4.74 Å². The monoisotopic (exact) mass is 375 g/mol. The molecule has 1 fully saturated rings. The molecule has 1 aromatic heterocycles. The largest absolute Gasteiger partial charge is 0.451 e. The number of carbonyl (C=O) groups is 2. The van der Waals surface area contributed by atoms with Gasteiger partial charge in [0, 0.05) is 18.7 Å². The Bertz CT molecular complexity index is 961. The van der Waals surface area contributed by atoms with Gasteiger partial charge in [-0.2, -0.15) is 5.10 Å². The molecule has 28 heavy (non-hydrogen) atoms. The van der Waals surface area contributed by atoms with Crippen LogP contribution in [-0.2, 0) is 9.53 Å². The number of hydrogen-bond donors (Lipinski definition) is 0. The fourth-order valence-corrected chi connectivity index (χ4v) is 3.30. The second kappa shape index (κ2) is 8.08. The Balaban J connectivity index is 1.60. The molecular weight excluding hydrogens is 354 g/mol. The van der Waals surface area contributed by atoms with Crippen molar-refractivity contribution in [1.29, 1.82) is 0 Å². The van der Waals surface area contributed by atoms with Crippen LogP contribution < -0.4 is 0 Å². The van der Waals surface area contributed by atoms with Crippen LogP contribution in [0.3, 0.4) is 0 Å². The van der Waals surface area contributed by atoms with E-state index in [1.807, 2.05) is 60.7 Å². The van der Waals surface area contributed by atoms with Crippen molar-refractivity contribution in [2.75, 3.05) is 19.7 Å². The first-order chi connectivity index (χ1) is 13.7. The van der Waals surface area contributed by atoms with Gasteiger partial charge >= 0.3 is 5.97 Å². The predicted molar refractivity (Wildman–Crippen MR) is 105 cm³/mol. The zero-order chi connectivity index (χ0) is 19.3. The van der Waals surface area contributed by atoms with Crippen molar-refractivity contribution in [3.05, 3.63) is 72.4 Å². The average Bonchev–Trinajstić information content (AvgIpc) is 3.43. The van der Waals surface area contributed by atoms with Crippen LogP contribution in [0.4, 0.5) is 0 Å². The number of rotatable bonds is 5. The van der Waals surface area contributed by atoms with Crippen molar-refractivity contribution in [3.63, 3.8) is 0 Å². The summed E-state index contributed by atoms with van der Waals surface area (Å²) in [7, 11) is 0. The van der Waals surface area contributed by atoms with Crippen LogP contribution >= 0.6 is 0 Å². The molecule has 0 unspecified atom stereocenters. The number of aromatic nitrogens is 2. The standard InChI is InChI=1S/C22H21N3O3/c26-21(24-13-7-8-14-24)16-28-22(27)20-15-19(17-9-3-1-4-10-17)23-25(20)18-11-5-2-6-12-18/h1-6,9-12,15H,7-8,13-14,16H2. The van der Waals surface area contributed by atoms with Crippen LogP contribution in [-0.4, -0.2) is 46.3 Å². The molecule has 0 spiro atoms. The van der Waals surface area contributed by atoms with Gasteiger partial charge in [0.25, 0.3) is 5.91 Å². The Hall–Kier alpha value is -3.41.